The molecule has 5 aromatic heterocycles. The van der Waals surface area contributed by atoms with Gasteiger partial charge in [-0.1, -0.05) is 58.5 Å². The van der Waals surface area contributed by atoms with Crippen molar-refractivity contribution >= 4 is 76.3 Å². The quantitative estimate of drug-likeness (QED) is 0.0629. The highest BCUT2D eigenvalue weighted by molar-refractivity contribution is 6.32. The zero-order valence-electron chi connectivity index (χ0n) is 54.4. The number of fused-ring (bicyclic) bond motifs is 5. The van der Waals surface area contributed by atoms with E-state index in [9.17, 15) is 53.2 Å². The molecule has 0 spiro atoms. The standard InChI is InChI=1S/C15H13N3O3.2C14H12ClFN2O3.C14H13ClN2O3.C13H11ClN2O3/c1-15(8-19)6-12-13(14(20)21-15)18(9-17-12)11-4-2-10(7-16)3-5-11;1-14(6-19)5-9-12(13(20)21-14)18(7-17-9)10-4-2-3-8(16)11(10)15;1-14(6-19)5-9-12(13(20)21-14)18(7-17-9)10-4-2-3-8(15)11(10)16;1-14(7-18)6-11-12(13(19)20-14)17(8-16-11)10-4-2-9(15)3-5-10;14-8-1-3-9(4-2-8)16-7-15-11-5-10(6-17)19-13(18)12(11)16/h2-5,9,19H,6,8H2,1H3;2*2-4,7,19H,5-6H2,1H3;2-5,8,18H,6-7H2,1H3;1-4,7,10,17H,5-6H2. The summed E-state index contributed by atoms with van der Waals surface area (Å²) in [6, 6.07) is 31.9. The highest BCUT2D eigenvalue weighted by atomic mass is 35.5. The number of hydrogen-bond donors (Lipinski definition) is 5. The number of aliphatic hydroxyl groups excluding tert-OH is 5. The maximum Gasteiger partial charge on any atom is 0.357 e. The van der Waals surface area contributed by atoms with E-state index < -0.39 is 70.0 Å². The van der Waals surface area contributed by atoms with Crippen LogP contribution in [0.25, 0.3) is 28.4 Å². The average Bonchev–Trinajstić information content (AvgIpc) is 1.60. The van der Waals surface area contributed by atoms with Crippen molar-refractivity contribution in [3.05, 3.63) is 235 Å². The van der Waals surface area contributed by atoms with Gasteiger partial charge in [-0.15, -0.1) is 0 Å². The molecule has 10 heterocycles. The Balaban J connectivity index is 0.000000128. The molecule has 15 rings (SSSR count). The first-order valence-electron chi connectivity index (χ1n) is 31.1. The summed E-state index contributed by atoms with van der Waals surface area (Å²) in [6.07, 6.45) is 8.69. The first-order chi connectivity index (χ1) is 48.7. The Bertz CT molecular complexity index is 4780. The summed E-state index contributed by atoms with van der Waals surface area (Å²) in [5.41, 5.74) is 3.83. The van der Waals surface area contributed by atoms with Crippen molar-refractivity contribution in [1.82, 2.24) is 47.8 Å². The number of nitrogens with zero attached hydrogens (tertiary/aromatic N) is 11. The van der Waals surface area contributed by atoms with Crippen LogP contribution in [0, 0.1) is 23.0 Å². The molecule has 5 N–H and O–H groups in total. The Hall–Kier alpha value is -10.2. The number of hydrogen-bond acceptors (Lipinski definition) is 21. The van der Waals surface area contributed by atoms with E-state index in [-0.39, 0.29) is 73.0 Å². The topological polar surface area (TPSA) is 346 Å². The summed E-state index contributed by atoms with van der Waals surface area (Å²) in [4.78, 5) is 81.7. The van der Waals surface area contributed by atoms with Gasteiger partial charge in [0.25, 0.3) is 0 Å². The molecular formula is C70H61Cl4F2N11O15. The van der Waals surface area contributed by atoms with E-state index in [4.69, 9.17) is 80.5 Å². The molecule has 0 bridgehead atoms. The SMILES string of the molecule is CC1(CO)Cc2ncn(-c3ccc(C#N)cc3)c2C(=O)O1.CC1(CO)Cc2ncn(-c3ccc(Cl)cc3)c2C(=O)O1.CC1(CO)Cc2ncn(-c3cccc(Cl)c3F)c2C(=O)O1.CC1(CO)Cc2ncn(-c3cccc(F)c3Cl)c2C(=O)O1.O=C1OC(CO)Cc2ncn(-c3ccc(Cl)cc3)c21. The minimum atomic E-state index is -1.00. The van der Waals surface area contributed by atoms with Gasteiger partial charge < -0.3 is 49.2 Å². The van der Waals surface area contributed by atoms with Crippen LogP contribution in [0.2, 0.25) is 20.1 Å². The van der Waals surface area contributed by atoms with Gasteiger partial charge in [0.15, 0.2) is 34.3 Å². The van der Waals surface area contributed by atoms with Gasteiger partial charge in [-0.25, -0.2) is 57.7 Å². The number of rotatable bonds is 10. The molecule has 528 valence electrons. The minimum Gasteiger partial charge on any atom is -0.455 e. The molecule has 5 aliphatic heterocycles. The molecule has 5 atom stereocenters. The second-order valence-corrected chi connectivity index (χ2v) is 26.6. The first-order valence-corrected chi connectivity index (χ1v) is 32.6. The molecule has 0 aliphatic carbocycles. The number of esters is 5. The molecule has 5 aromatic carbocycles. The summed E-state index contributed by atoms with van der Waals surface area (Å²) < 4.78 is 61.6. The number of carbonyl (C=O) groups excluding carboxylic acids is 5. The normalized spacial score (nSPS) is 20.5. The van der Waals surface area contributed by atoms with E-state index in [0.717, 1.165) is 17.1 Å². The number of imidazole rings is 5. The molecule has 0 saturated carbocycles. The van der Waals surface area contributed by atoms with E-state index in [1.165, 1.54) is 46.1 Å². The van der Waals surface area contributed by atoms with Crippen molar-refractivity contribution < 1.29 is 82.0 Å². The molecule has 102 heavy (non-hydrogen) atoms. The summed E-state index contributed by atoms with van der Waals surface area (Å²) in [7, 11) is 0. The summed E-state index contributed by atoms with van der Waals surface area (Å²) in [6.45, 7) is 5.33. The second-order valence-electron chi connectivity index (χ2n) is 24.9. The lowest BCUT2D eigenvalue weighted by Crippen LogP contribution is -2.42. The largest absolute Gasteiger partial charge is 0.455 e. The van der Waals surface area contributed by atoms with E-state index in [2.05, 4.69) is 24.9 Å². The summed E-state index contributed by atoms with van der Waals surface area (Å²) in [5, 5.41) is 56.3. The van der Waals surface area contributed by atoms with Crippen LogP contribution in [0.5, 0.6) is 0 Å². The van der Waals surface area contributed by atoms with Crippen molar-refractivity contribution in [1.29, 1.82) is 5.26 Å². The van der Waals surface area contributed by atoms with Gasteiger partial charge in [0.1, 0.15) is 71.0 Å². The van der Waals surface area contributed by atoms with Crippen LogP contribution in [0.4, 0.5) is 8.78 Å². The van der Waals surface area contributed by atoms with Crippen molar-refractivity contribution in [2.45, 2.75) is 88.3 Å². The molecule has 10 aromatic rings. The van der Waals surface area contributed by atoms with Crippen molar-refractivity contribution in [3.63, 3.8) is 0 Å². The fourth-order valence-corrected chi connectivity index (χ4v) is 12.1. The van der Waals surface area contributed by atoms with E-state index in [0.29, 0.717) is 86.1 Å². The molecule has 5 unspecified atom stereocenters. The van der Waals surface area contributed by atoms with Gasteiger partial charge in [-0.05, 0) is 125 Å². The third-order valence-corrected chi connectivity index (χ3v) is 18.0. The highest BCUT2D eigenvalue weighted by Crippen LogP contribution is 2.36. The number of halogens is 6. The van der Waals surface area contributed by atoms with Crippen LogP contribution in [0.15, 0.2) is 141 Å². The van der Waals surface area contributed by atoms with Crippen molar-refractivity contribution in [3.8, 4) is 34.5 Å². The molecule has 0 saturated heterocycles. The molecule has 0 amide bonds. The zero-order valence-corrected chi connectivity index (χ0v) is 57.5. The predicted molar refractivity (Wildman–Crippen MR) is 361 cm³/mol. The maximum atomic E-state index is 14.1. The van der Waals surface area contributed by atoms with Gasteiger partial charge in [0.2, 0.25) is 0 Å². The fraction of sp³-hybridized carbons (Fsp3) is 0.271. The highest BCUT2D eigenvalue weighted by Gasteiger charge is 2.43. The third kappa shape index (κ3) is 15.1. The molecule has 5 aliphatic rings. The maximum absolute atomic E-state index is 14.1. The number of aromatic nitrogens is 10. The van der Waals surface area contributed by atoms with Gasteiger partial charge >= 0.3 is 29.8 Å². The Morgan fingerprint density at radius 1 is 0.461 bits per heavy atom. The molecule has 0 fully saturated rings. The lowest BCUT2D eigenvalue weighted by atomic mass is 9.97. The summed E-state index contributed by atoms with van der Waals surface area (Å²) >= 11 is 23.4. The fourth-order valence-electron chi connectivity index (χ4n) is 11.5. The molecule has 32 heteroatoms. The molecule has 0 radical (unpaired) electrons. The minimum absolute atomic E-state index is 0.0423. The van der Waals surface area contributed by atoms with Gasteiger partial charge in [0, 0.05) is 59.2 Å². The van der Waals surface area contributed by atoms with E-state index in [1.54, 1.807) is 145 Å². The number of nitriles is 1. The monoisotopic (exact) mass is 1470 g/mol. The number of cyclic esters (lactones) is 5. The van der Waals surface area contributed by atoms with Crippen LogP contribution < -0.4 is 0 Å². The molecular weight excluding hydrogens is 1410 g/mol. The van der Waals surface area contributed by atoms with Crippen molar-refractivity contribution in [2.75, 3.05) is 33.0 Å². The lowest BCUT2D eigenvalue weighted by molar-refractivity contribution is -0.0440. The Labute approximate surface area is 599 Å². The zero-order chi connectivity index (χ0) is 73.2. The number of carbonyl (C=O) groups is 5. The van der Waals surface area contributed by atoms with E-state index >= 15 is 0 Å². The Kier molecular flexibility index (Phi) is 21.3. The van der Waals surface area contributed by atoms with Gasteiger partial charge in [0.05, 0.1) is 89.5 Å². The predicted octanol–water partition coefficient (Wildman–Crippen LogP) is 9.05. The van der Waals surface area contributed by atoms with Crippen LogP contribution in [0.1, 0.15) is 114 Å². The Morgan fingerprint density at radius 2 is 0.794 bits per heavy atom. The smallest absolute Gasteiger partial charge is 0.357 e. The number of ether oxygens (including phenoxy) is 5. The first kappa shape index (κ1) is 73.0. The van der Waals surface area contributed by atoms with Crippen LogP contribution in [-0.4, -0.2) is 165 Å². The van der Waals surface area contributed by atoms with E-state index in [1.807, 2.05) is 6.07 Å². The Morgan fingerprint density at radius 3 is 1.18 bits per heavy atom. The van der Waals surface area contributed by atoms with Crippen molar-refractivity contribution in [2.24, 2.45) is 0 Å². The number of aliphatic hydroxyl groups is 5. The summed E-state index contributed by atoms with van der Waals surface area (Å²) in [5.74, 6) is -3.93. The lowest BCUT2D eigenvalue weighted by Gasteiger charge is -2.31. The number of benzene rings is 5. The van der Waals surface area contributed by atoms with Gasteiger partial charge in [-0.2, -0.15) is 5.26 Å². The second kappa shape index (κ2) is 29.8. The van der Waals surface area contributed by atoms with Gasteiger partial charge in [-0.3, -0.25) is 22.8 Å². The van der Waals surface area contributed by atoms with Crippen LogP contribution in [0.3, 0.4) is 0 Å². The van der Waals surface area contributed by atoms with Crippen LogP contribution in [-0.2, 0) is 55.8 Å². The third-order valence-electron chi connectivity index (χ3n) is 16.8. The van der Waals surface area contributed by atoms with Crippen LogP contribution >= 0.6 is 46.4 Å². The molecule has 26 nitrogen and oxygen atoms in total. The average molecular weight is 1480 g/mol.